The third kappa shape index (κ3) is 2.23. The molecule has 0 spiro atoms. The molecule has 0 unspecified atom stereocenters. The number of hydrogen-bond donors (Lipinski definition) is 0. The van der Waals surface area contributed by atoms with Gasteiger partial charge in [0.15, 0.2) is 0 Å². The number of methoxy groups -OCH3 is 2. The van der Waals surface area contributed by atoms with Crippen molar-refractivity contribution < 1.29 is 23.5 Å². The van der Waals surface area contributed by atoms with Crippen LogP contribution in [0.2, 0.25) is 0 Å². The highest BCUT2D eigenvalue weighted by Crippen LogP contribution is 2.34. The van der Waals surface area contributed by atoms with Crippen LogP contribution in [0.5, 0.6) is 0 Å². The summed E-state index contributed by atoms with van der Waals surface area (Å²) in [4.78, 5) is 23.8. The van der Waals surface area contributed by atoms with Gasteiger partial charge in [-0.1, -0.05) is 12.1 Å². The van der Waals surface area contributed by atoms with E-state index in [-0.39, 0.29) is 0 Å². The lowest BCUT2D eigenvalue weighted by Crippen LogP contribution is -2.01. The Labute approximate surface area is 139 Å². The first-order valence-electron chi connectivity index (χ1n) is 6.38. The number of fused-ring (bicyclic) bond motifs is 3. The Morgan fingerprint density at radius 1 is 0.955 bits per heavy atom. The molecule has 0 N–H and O–H groups in total. The van der Waals surface area contributed by atoms with Gasteiger partial charge in [-0.3, -0.25) is 0 Å². The Morgan fingerprint density at radius 3 is 2.27 bits per heavy atom. The highest BCUT2D eigenvalue weighted by molar-refractivity contribution is 14.1. The standard InChI is InChI=1S/C16H11IO5/c1-20-15(18)10-5-3-4-9-11-6-8(17)7-12(16(19)21-2)14(11)22-13(9)10/h3-7H,1-2H3. The molecule has 0 aliphatic rings. The number of esters is 2. The first-order valence-corrected chi connectivity index (χ1v) is 7.46. The molecule has 3 rings (SSSR count). The third-order valence-corrected chi connectivity index (χ3v) is 4.00. The van der Waals surface area contributed by atoms with Gasteiger partial charge < -0.3 is 13.9 Å². The minimum atomic E-state index is -0.487. The summed E-state index contributed by atoms with van der Waals surface area (Å²) in [5.41, 5.74) is 1.45. The van der Waals surface area contributed by atoms with Gasteiger partial charge in [0.05, 0.1) is 14.2 Å². The predicted molar refractivity (Wildman–Crippen MR) is 89.1 cm³/mol. The van der Waals surface area contributed by atoms with Gasteiger partial charge in [0.1, 0.15) is 22.3 Å². The van der Waals surface area contributed by atoms with E-state index in [1.807, 2.05) is 12.1 Å². The van der Waals surface area contributed by atoms with Gasteiger partial charge in [-0.25, -0.2) is 9.59 Å². The molecule has 2 aromatic carbocycles. The van der Waals surface area contributed by atoms with Crippen LogP contribution in [0.1, 0.15) is 20.7 Å². The maximum absolute atomic E-state index is 12.0. The Balaban J connectivity index is 2.43. The number of para-hydroxylation sites is 1. The number of furan rings is 1. The fourth-order valence-corrected chi connectivity index (χ4v) is 3.02. The molecule has 0 bridgehead atoms. The summed E-state index contributed by atoms with van der Waals surface area (Å²) < 4.78 is 16.3. The van der Waals surface area contributed by atoms with Gasteiger partial charge in [0.25, 0.3) is 0 Å². The quantitative estimate of drug-likeness (QED) is 0.476. The molecular formula is C16H11IO5. The summed E-state index contributed by atoms with van der Waals surface area (Å²) in [5.74, 6) is -0.971. The second-order valence-corrected chi connectivity index (χ2v) is 5.84. The van der Waals surface area contributed by atoms with Crippen molar-refractivity contribution in [2.75, 3.05) is 14.2 Å². The summed E-state index contributed by atoms with van der Waals surface area (Å²) in [6, 6.07) is 8.80. The van der Waals surface area contributed by atoms with Gasteiger partial charge in [-0.15, -0.1) is 0 Å². The maximum Gasteiger partial charge on any atom is 0.341 e. The molecule has 0 aliphatic heterocycles. The monoisotopic (exact) mass is 410 g/mol. The fraction of sp³-hybridized carbons (Fsp3) is 0.125. The van der Waals surface area contributed by atoms with Crippen molar-refractivity contribution >= 4 is 56.5 Å². The molecule has 5 nitrogen and oxygen atoms in total. The van der Waals surface area contributed by atoms with Crippen molar-refractivity contribution in [3.63, 3.8) is 0 Å². The fourth-order valence-electron chi connectivity index (χ4n) is 2.40. The van der Waals surface area contributed by atoms with E-state index in [9.17, 15) is 9.59 Å². The Bertz CT molecular complexity index is 910. The van der Waals surface area contributed by atoms with Crippen molar-refractivity contribution in [2.24, 2.45) is 0 Å². The SMILES string of the molecule is COC(=O)c1cccc2c1oc1c(C(=O)OC)cc(I)cc12. The van der Waals surface area contributed by atoms with E-state index in [0.29, 0.717) is 22.3 Å². The van der Waals surface area contributed by atoms with E-state index in [1.165, 1.54) is 14.2 Å². The molecule has 0 saturated carbocycles. The Kier molecular flexibility index (Phi) is 3.78. The molecule has 1 aromatic heterocycles. The van der Waals surface area contributed by atoms with Crippen molar-refractivity contribution in [3.05, 3.63) is 45.0 Å². The summed E-state index contributed by atoms with van der Waals surface area (Å²) >= 11 is 2.12. The summed E-state index contributed by atoms with van der Waals surface area (Å²) in [5, 5.41) is 1.51. The normalized spacial score (nSPS) is 10.9. The Morgan fingerprint density at radius 2 is 1.59 bits per heavy atom. The molecule has 1 heterocycles. The van der Waals surface area contributed by atoms with Gasteiger partial charge in [0.2, 0.25) is 0 Å². The van der Waals surface area contributed by atoms with Crippen LogP contribution in [-0.4, -0.2) is 26.2 Å². The second kappa shape index (κ2) is 5.60. The maximum atomic E-state index is 12.0. The van der Waals surface area contributed by atoms with E-state index < -0.39 is 11.9 Å². The van der Waals surface area contributed by atoms with E-state index in [1.54, 1.807) is 18.2 Å². The van der Waals surface area contributed by atoms with Crippen molar-refractivity contribution in [2.45, 2.75) is 0 Å². The number of rotatable bonds is 2. The predicted octanol–water partition coefficient (Wildman–Crippen LogP) is 3.76. The van der Waals surface area contributed by atoms with Crippen molar-refractivity contribution in [1.29, 1.82) is 0 Å². The van der Waals surface area contributed by atoms with Crippen LogP contribution in [0, 0.1) is 3.57 Å². The summed E-state index contributed by atoms with van der Waals surface area (Å²) in [6.45, 7) is 0. The van der Waals surface area contributed by atoms with Gasteiger partial charge in [-0.2, -0.15) is 0 Å². The average molecular weight is 410 g/mol. The van der Waals surface area contributed by atoms with Crippen LogP contribution in [0.25, 0.3) is 21.9 Å². The van der Waals surface area contributed by atoms with Gasteiger partial charge >= 0.3 is 11.9 Å². The molecule has 22 heavy (non-hydrogen) atoms. The molecule has 0 saturated heterocycles. The van der Waals surface area contributed by atoms with Crippen LogP contribution in [0.15, 0.2) is 34.7 Å². The highest BCUT2D eigenvalue weighted by atomic mass is 127. The average Bonchev–Trinajstić information content (AvgIpc) is 2.91. The first kappa shape index (κ1) is 14.8. The molecule has 0 amide bonds. The van der Waals surface area contributed by atoms with Crippen molar-refractivity contribution in [1.82, 2.24) is 0 Å². The molecule has 6 heteroatoms. The number of carbonyl (C=O) groups excluding carboxylic acids is 2. The van der Waals surface area contributed by atoms with Crippen LogP contribution in [-0.2, 0) is 9.47 Å². The minimum absolute atomic E-state index is 0.321. The zero-order valence-corrected chi connectivity index (χ0v) is 14.0. The lowest BCUT2D eigenvalue weighted by atomic mass is 10.1. The zero-order chi connectivity index (χ0) is 15.9. The summed E-state index contributed by atoms with van der Waals surface area (Å²) in [7, 11) is 2.63. The molecule has 0 radical (unpaired) electrons. The lowest BCUT2D eigenvalue weighted by Gasteiger charge is -2.01. The molecule has 112 valence electrons. The van der Waals surface area contributed by atoms with Gasteiger partial charge in [-0.05, 0) is 40.8 Å². The van der Waals surface area contributed by atoms with E-state index in [0.717, 1.165) is 14.3 Å². The molecule has 3 aromatic rings. The van der Waals surface area contributed by atoms with Gasteiger partial charge in [0, 0.05) is 14.3 Å². The Hall–Kier alpha value is -2.09. The van der Waals surface area contributed by atoms with Crippen LogP contribution < -0.4 is 0 Å². The number of carbonyl (C=O) groups is 2. The van der Waals surface area contributed by atoms with E-state index in [2.05, 4.69) is 22.6 Å². The molecule has 0 fully saturated rings. The number of hydrogen-bond acceptors (Lipinski definition) is 5. The molecule has 0 atom stereocenters. The number of halogens is 1. The third-order valence-electron chi connectivity index (χ3n) is 3.37. The zero-order valence-electron chi connectivity index (χ0n) is 11.8. The van der Waals surface area contributed by atoms with Crippen molar-refractivity contribution in [3.8, 4) is 0 Å². The topological polar surface area (TPSA) is 65.7 Å². The summed E-state index contributed by atoms with van der Waals surface area (Å²) in [6.07, 6.45) is 0. The van der Waals surface area contributed by atoms with Crippen LogP contribution >= 0.6 is 22.6 Å². The molecular weight excluding hydrogens is 399 g/mol. The second-order valence-electron chi connectivity index (χ2n) is 4.60. The minimum Gasteiger partial charge on any atom is -0.465 e. The van der Waals surface area contributed by atoms with Crippen LogP contribution in [0.4, 0.5) is 0 Å². The highest BCUT2D eigenvalue weighted by Gasteiger charge is 2.21. The number of ether oxygens (including phenoxy) is 2. The van der Waals surface area contributed by atoms with Crippen LogP contribution in [0.3, 0.4) is 0 Å². The number of benzene rings is 2. The first-order chi connectivity index (χ1) is 10.6. The van der Waals surface area contributed by atoms with E-state index in [4.69, 9.17) is 13.9 Å². The smallest absolute Gasteiger partial charge is 0.341 e. The lowest BCUT2D eigenvalue weighted by molar-refractivity contribution is 0.0594. The molecule has 0 aliphatic carbocycles. The largest absolute Gasteiger partial charge is 0.465 e. The van der Waals surface area contributed by atoms with E-state index >= 15 is 0 Å².